The largest absolute Gasteiger partial charge is 0.393 e. The highest BCUT2D eigenvalue weighted by atomic mass is 35.5. The highest BCUT2D eigenvalue weighted by Crippen LogP contribution is 2.35. The molecule has 5 rings (SSSR count). The Kier molecular flexibility index (Phi) is 8.45. The highest BCUT2D eigenvalue weighted by molar-refractivity contribution is 6.33. The van der Waals surface area contributed by atoms with Crippen molar-refractivity contribution in [3.8, 4) is 17.2 Å². The lowest BCUT2D eigenvalue weighted by atomic mass is 9.88. The molecule has 2 heterocycles. The molecule has 3 aromatic carbocycles. The molecule has 1 amide bonds. The predicted molar refractivity (Wildman–Crippen MR) is 153 cm³/mol. The fourth-order valence-electron chi connectivity index (χ4n) is 5.06. The fraction of sp³-hybridized carbons (Fsp3) is 0.226. The summed E-state index contributed by atoms with van der Waals surface area (Å²) in [5, 5.41) is 22.8. The quantitative estimate of drug-likeness (QED) is 0.291. The number of amides is 1. The average molecular weight is 591 g/mol. The third-order valence-electron chi connectivity index (χ3n) is 7.25. The third kappa shape index (κ3) is 5.67. The fourth-order valence-corrected chi connectivity index (χ4v) is 5.35. The molecule has 11 heteroatoms. The van der Waals surface area contributed by atoms with Crippen molar-refractivity contribution in [3.05, 3.63) is 94.1 Å². The number of hydrogen-bond donors (Lipinski definition) is 2. The monoisotopic (exact) mass is 590 g/mol. The minimum absolute atomic E-state index is 0.197. The molecule has 0 aliphatic carbocycles. The topological polar surface area (TPSA) is 116 Å². The van der Waals surface area contributed by atoms with E-state index in [1.807, 2.05) is 6.07 Å². The van der Waals surface area contributed by atoms with Gasteiger partial charge in [0.2, 0.25) is 0 Å². The Morgan fingerprint density at radius 1 is 1.14 bits per heavy atom. The molecule has 0 bridgehead atoms. The van der Waals surface area contributed by atoms with Crippen LogP contribution in [0.15, 0.2) is 60.8 Å². The number of aliphatic hydroxyl groups is 1. The van der Waals surface area contributed by atoms with Crippen LogP contribution < -0.4 is 10.2 Å². The first-order valence-corrected chi connectivity index (χ1v) is 13.4. The summed E-state index contributed by atoms with van der Waals surface area (Å²) in [5.41, 5.74) is 0.287. The van der Waals surface area contributed by atoms with Crippen LogP contribution in [0.4, 0.5) is 14.5 Å². The summed E-state index contributed by atoms with van der Waals surface area (Å²) >= 11 is 6.45. The maximum absolute atomic E-state index is 15.1. The van der Waals surface area contributed by atoms with Gasteiger partial charge in [-0.15, -0.1) is 0 Å². The number of morpholine rings is 1. The molecule has 1 fully saturated rings. The molecule has 0 unspecified atom stereocenters. The van der Waals surface area contributed by atoms with E-state index in [0.29, 0.717) is 70.8 Å². The third-order valence-corrected chi connectivity index (χ3v) is 7.57. The number of halogens is 3. The maximum Gasteiger partial charge on any atom is 0.258 e. The van der Waals surface area contributed by atoms with E-state index in [-0.39, 0.29) is 12.1 Å². The van der Waals surface area contributed by atoms with E-state index in [0.717, 1.165) is 12.1 Å². The first-order valence-electron chi connectivity index (χ1n) is 13.1. The van der Waals surface area contributed by atoms with Crippen LogP contribution in [0.5, 0.6) is 0 Å². The molecule has 0 radical (unpaired) electrons. The molecule has 1 atom stereocenters. The minimum Gasteiger partial charge on any atom is -0.393 e. The van der Waals surface area contributed by atoms with Gasteiger partial charge in [-0.05, 0) is 35.9 Å². The number of carbonyl (C=O) groups is 2. The minimum atomic E-state index is -1.89. The van der Waals surface area contributed by atoms with E-state index in [1.165, 1.54) is 0 Å². The van der Waals surface area contributed by atoms with Crippen LogP contribution in [-0.4, -0.2) is 60.7 Å². The highest BCUT2D eigenvalue weighted by Gasteiger charge is 2.34. The number of carbonyl (C=O) groups excluding carboxylic acids is 2. The van der Waals surface area contributed by atoms with Gasteiger partial charge in [-0.2, -0.15) is 5.26 Å². The Morgan fingerprint density at radius 2 is 1.86 bits per heavy atom. The molecular weight excluding hydrogens is 566 g/mol. The summed E-state index contributed by atoms with van der Waals surface area (Å²) in [6.07, 6.45) is 1.74. The van der Waals surface area contributed by atoms with Gasteiger partial charge in [-0.1, -0.05) is 35.9 Å². The normalized spacial score (nSPS) is 14.7. The number of rotatable bonds is 8. The second-order valence-electron chi connectivity index (χ2n) is 9.93. The van der Waals surface area contributed by atoms with E-state index in [4.69, 9.17) is 16.3 Å². The molecule has 4 aromatic rings. The van der Waals surface area contributed by atoms with Crippen molar-refractivity contribution in [3.63, 3.8) is 0 Å². The molecule has 1 aromatic heterocycles. The number of ether oxygens (including phenoxy) is 1. The number of nitrogens with one attached hydrogen (secondary N) is 1. The van der Waals surface area contributed by atoms with Crippen LogP contribution in [-0.2, 0) is 16.0 Å². The van der Waals surface area contributed by atoms with Crippen molar-refractivity contribution >= 4 is 40.4 Å². The molecule has 42 heavy (non-hydrogen) atoms. The standard InChI is InChI=1S/C31H25ClF2N4O4/c32-25-12-19(16-35)3-5-23(25)24-6-4-20(22-2-1-7-36-29(22)24)15-31(17-39,18-40)37-30(41)28-26(33)13-21(14-27(28)34)38-8-10-42-11-9-38/h1-7,12-14,17,40H,8-11,15,18H2,(H,37,41)/t31-/m0/s1. The van der Waals surface area contributed by atoms with Gasteiger partial charge in [-0.3, -0.25) is 9.78 Å². The first kappa shape index (κ1) is 29.1. The van der Waals surface area contributed by atoms with E-state index in [1.54, 1.807) is 53.6 Å². The van der Waals surface area contributed by atoms with Crippen molar-refractivity contribution in [2.24, 2.45) is 0 Å². The zero-order chi connectivity index (χ0) is 29.9. The first-order chi connectivity index (χ1) is 20.3. The van der Waals surface area contributed by atoms with E-state index >= 15 is 8.78 Å². The van der Waals surface area contributed by atoms with Gasteiger partial charge < -0.3 is 24.9 Å². The van der Waals surface area contributed by atoms with Crippen LogP contribution in [0.2, 0.25) is 5.02 Å². The Hall–Kier alpha value is -4.43. The summed E-state index contributed by atoms with van der Waals surface area (Å²) < 4.78 is 35.4. The summed E-state index contributed by atoms with van der Waals surface area (Å²) in [7, 11) is 0. The van der Waals surface area contributed by atoms with Crippen LogP contribution in [0.3, 0.4) is 0 Å². The SMILES string of the molecule is N#Cc1ccc(-c2ccc(C[C@](C=O)(CO)NC(=O)c3c(F)cc(N4CCOCC4)cc3F)c3cccnc23)c(Cl)c1. The molecule has 214 valence electrons. The molecule has 8 nitrogen and oxygen atoms in total. The zero-order valence-corrected chi connectivity index (χ0v) is 23.0. The second kappa shape index (κ2) is 12.2. The van der Waals surface area contributed by atoms with Crippen LogP contribution in [0, 0.1) is 23.0 Å². The number of nitriles is 1. The van der Waals surface area contributed by atoms with Crippen molar-refractivity contribution < 1.29 is 28.2 Å². The summed E-state index contributed by atoms with van der Waals surface area (Å²) in [6, 6.07) is 15.9. The average Bonchev–Trinajstić information content (AvgIpc) is 3.01. The lowest BCUT2D eigenvalue weighted by Crippen LogP contribution is -2.54. The molecule has 1 aliphatic rings. The smallest absolute Gasteiger partial charge is 0.258 e. The van der Waals surface area contributed by atoms with Crippen molar-refractivity contribution in [2.75, 3.05) is 37.8 Å². The molecule has 1 aliphatic heterocycles. The van der Waals surface area contributed by atoms with Gasteiger partial charge in [0.25, 0.3) is 5.91 Å². The summed E-state index contributed by atoms with van der Waals surface area (Å²) in [6.45, 7) is 0.887. The van der Waals surface area contributed by atoms with E-state index < -0.39 is 35.3 Å². The molecule has 0 saturated carbocycles. The number of aromatic nitrogens is 1. The van der Waals surface area contributed by atoms with E-state index in [2.05, 4.69) is 10.3 Å². The number of hydrogen-bond acceptors (Lipinski definition) is 7. The second-order valence-corrected chi connectivity index (χ2v) is 10.3. The molecule has 2 N–H and O–H groups in total. The summed E-state index contributed by atoms with van der Waals surface area (Å²) in [5.74, 6) is -3.36. The summed E-state index contributed by atoms with van der Waals surface area (Å²) in [4.78, 5) is 31.7. The number of fused-ring (bicyclic) bond motifs is 1. The van der Waals surface area contributed by atoms with Gasteiger partial charge in [0.15, 0.2) is 0 Å². The maximum atomic E-state index is 15.1. The Balaban J connectivity index is 1.47. The van der Waals surface area contributed by atoms with Crippen LogP contribution in [0.25, 0.3) is 22.0 Å². The van der Waals surface area contributed by atoms with Crippen LogP contribution >= 0.6 is 11.6 Å². The number of benzene rings is 3. The number of aldehydes is 1. The zero-order valence-electron chi connectivity index (χ0n) is 22.2. The van der Waals surface area contributed by atoms with E-state index in [9.17, 15) is 20.0 Å². The Labute approximate surface area is 245 Å². The lowest BCUT2D eigenvalue weighted by Gasteiger charge is -2.30. The number of aliphatic hydroxyl groups excluding tert-OH is 1. The molecular formula is C31H25ClF2N4O4. The molecule has 1 saturated heterocycles. The van der Waals surface area contributed by atoms with Crippen molar-refractivity contribution in [1.82, 2.24) is 10.3 Å². The van der Waals surface area contributed by atoms with Crippen molar-refractivity contribution in [1.29, 1.82) is 5.26 Å². The Morgan fingerprint density at radius 3 is 2.50 bits per heavy atom. The van der Waals surface area contributed by atoms with Gasteiger partial charge >= 0.3 is 0 Å². The number of pyridine rings is 1. The number of nitrogens with zero attached hydrogens (tertiary/aromatic N) is 3. The van der Waals surface area contributed by atoms with Crippen molar-refractivity contribution in [2.45, 2.75) is 12.0 Å². The van der Waals surface area contributed by atoms with Gasteiger partial charge in [0.05, 0.1) is 37.0 Å². The van der Waals surface area contributed by atoms with Gasteiger partial charge in [-0.25, -0.2) is 8.78 Å². The van der Waals surface area contributed by atoms with Crippen LogP contribution in [0.1, 0.15) is 21.5 Å². The Bertz CT molecular complexity index is 1700. The lowest BCUT2D eigenvalue weighted by molar-refractivity contribution is -0.114. The van der Waals surface area contributed by atoms with Gasteiger partial charge in [0.1, 0.15) is 29.0 Å². The predicted octanol–water partition coefficient (Wildman–Crippen LogP) is 4.44. The van der Waals surface area contributed by atoms with Gasteiger partial charge in [0, 0.05) is 52.9 Å². The number of anilines is 1. The molecule has 0 spiro atoms.